The summed E-state index contributed by atoms with van der Waals surface area (Å²) in [6.07, 6.45) is 1.76. The van der Waals surface area contributed by atoms with Crippen LogP contribution in [0.4, 0.5) is 0 Å². The highest BCUT2D eigenvalue weighted by Crippen LogP contribution is 2.06. The molecule has 1 rings (SSSR count). The van der Waals surface area contributed by atoms with Crippen molar-refractivity contribution in [3.05, 3.63) is 16.1 Å². The topological polar surface area (TPSA) is 44.0 Å². The van der Waals surface area contributed by atoms with Crippen molar-refractivity contribution in [3.8, 4) is 0 Å². The Labute approximate surface area is 62.6 Å². The largest absolute Gasteiger partial charge is 0.539 e. The summed E-state index contributed by atoms with van der Waals surface area (Å²) < 4.78 is 1.55. The van der Waals surface area contributed by atoms with Crippen molar-refractivity contribution in [2.75, 3.05) is 0 Å². The normalized spacial score (nSPS) is 9.80. The summed E-state index contributed by atoms with van der Waals surface area (Å²) >= 11 is 1.22. The highest BCUT2D eigenvalue weighted by molar-refractivity contribution is 7.12. The maximum Gasteiger partial charge on any atom is 0.284 e. The third kappa shape index (κ3) is 1.16. The molecule has 0 saturated carbocycles. The van der Waals surface area contributed by atoms with E-state index < -0.39 is 5.97 Å². The molecule has 0 fully saturated rings. The van der Waals surface area contributed by atoms with Gasteiger partial charge in [-0.15, -0.1) is 0 Å². The fourth-order valence-corrected chi connectivity index (χ4v) is 1.56. The summed E-state index contributed by atoms with van der Waals surface area (Å²) in [5, 5.41) is 10.6. The minimum atomic E-state index is -1.11. The van der Waals surface area contributed by atoms with Gasteiger partial charge in [-0.1, -0.05) is 11.3 Å². The van der Waals surface area contributed by atoms with Crippen LogP contribution in [0.5, 0.6) is 0 Å². The molecule has 0 radical (unpaired) electrons. The van der Waals surface area contributed by atoms with Crippen molar-refractivity contribution < 1.29 is 14.5 Å². The smallest absolute Gasteiger partial charge is 0.284 e. The Bertz CT molecular complexity index is 267. The van der Waals surface area contributed by atoms with Crippen LogP contribution >= 0.6 is 11.3 Å². The number of thiazole rings is 1. The number of carboxylic acids is 1. The van der Waals surface area contributed by atoms with E-state index in [1.165, 1.54) is 11.3 Å². The van der Waals surface area contributed by atoms with Gasteiger partial charge in [0.25, 0.3) is 5.01 Å². The first-order chi connectivity index (χ1) is 4.61. The fraction of sp³-hybridized carbons (Fsp3) is 0.333. The first-order valence-electron chi connectivity index (χ1n) is 2.78. The van der Waals surface area contributed by atoms with Gasteiger partial charge < -0.3 is 9.90 Å². The van der Waals surface area contributed by atoms with Crippen LogP contribution in [-0.2, 0) is 7.05 Å². The number of aromatic carboxylic acids is 1. The van der Waals surface area contributed by atoms with Crippen LogP contribution in [0.1, 0.15) is 14.7 Å². The van der Waals surface area contributed by atoms with E-state index in [2.05, 4.69) is 0 Å². The van der Waals surface area contributed by atoms with Crippen molar-refractivity contribution >= 4 is 17.3 Å². The number of carbonyl (C=O) groups excluding carboxylic acids is 1. The van der Waals surface area contributed by atoms with Gasteiger partial charge in [-0.2, -0.15) is 4.57 Å². The van der Waals surface area contributed by atoms with Gasteiger partial charge in [-0.3, -0.25) is 0 Å². The van der Waals surface area contributed by atoms with Crippen molar-refractivity contribution in [2.24, 2.45) is 7.05 Å². The molecule has 0 unspecified atom stereocenters. The zero-order valence-electron chi connectivity index (χ0n) is 5.75. The summed E-state index contributed by atoms with van der Waals surface area (Å²) in [6, 6.07) is 0. The molecule has 0 N–H and O–H groups in total. The maximum absolute atomic E-state index is 10.3. The van der Waals surface area contributed by atoms with E-state index in [-0.39, 0.29) is 5.01 Å². The molecule has 1 aromatic rings. The molecule has 1 aromatic heterocycles. The second kappa shape index (κ2) is 2.38. The third-order valence-corrected chi connectivity index (χ3v) is 2.20. The zero-order valence-corrected chi connectivity index (χ0v) is 6.57. The standard InChI is InChI=1S/C6H7NO2S/c1-4-3-7(2)5(10-4)6(8)9/h3H,1-2H3. The molecular formula is C6H7NO2S. The average Bonchev–Trinajstić information content (AvgIpc) is 2.10. The number of hydrogen-bond donors (Lipinski definition) is 0. The number of hydrogen-bond acceptors (Lipinski definition) is 3. The summed E-state index contributed by atoms with van der Waals surface area (Å²) in [7, 11) is 1.69. The molecule has 0 aromatic carbocycles. The highest BCUT2D eigenvalue weighted by Gasteiger charge is 2.10. The van der Waals surface area contributed by atoms with Crippen molar-refractivity contribution in [2.45, 2.75) is 6.92 Å². The van der Waals surface area contributed by atoms with Crippen molar-refractivity contribution in [3.63, 3.8) is 0 Å². The van der Waals surface area contributed by atoms with Gasteiger partial charge in [-0.25, -0.2) is 0 Å². The van der Waals surface area contributed by atoms with Crippen LogP contribution in [0.15, 0.2) is 6.20 Å². The van der Waals surface area contributed by atoms with Gasteiger partial charge in [0.15, 0.2) is 12.2 Å². The van der Waals surface area contributed by atoms with E-state index in [0.717, 1.165) is 4.88 Å². The fourth-order valence-electron chi connectivity index (χ4n) is 0.768. The van der Waals surface area contributed by atoms with E-state index in [1.54, 1.807) is 17.8 Å². The molecule has 0 spiro atoms. The molecule has 0 aliphatic rings. The van der Waals surface area contributed by atoms with Crippen LogP contribution in [0.2, 0.25) is 0 Å². The molecular weight excluding hydrogens is 150 g/mol. The molecule has 0 aliphatic heterocycles. The lowest BCUT2D eigenvalue weighted by atomic mass is 10.6. The van der Waals surface area contributed by atoms with E-state index in [4.69, 9.17) is 0 Å². The molecule has 0 bridgehead atoms. The maximum atomic E-state index is 10.3. The van der Waals surface area contributed by atoms with Gasteiger partial charge in [0.2, 0.25) is 0 Å². The Morgan fingerprint density at radius 3 is 2.60 bits per heavy atom. The minimum Gasteiger partial charge on any atom is -0.539 e. The quantitative estimate of drug-likeness (QED) is 0.503. The number of carbonyl (C=O) groups is 1. The number of rotatable bonds is 1. The Kier molecular flexibility index (Phi) is 1.72. The van der Waals surface area contributed by atoms with Gasteiger partial charge in [-0.05, 0) is 6.92 Å². The number of carboxylic acid groups (broad SMARTS) is 1. The second-order valence-corrected chi connectivity index (χ2v) is 3.28. The van der Waals surface area contributed by atoms with Crippen molar-refractivity contribution in [1.29, 1.82) is 0 Å². The molecule has 0 atom stereocenters. The summed E-state index contributed by atoms with van der Waals surface area (Å²) in [5.41, 5.74) is 0. The molecule has 0 saturated heterocycles. The molecule has 4 heteroatoms. The highest BCUT2D eigenvalue weighted by atomic mass is 32.1. The lowest BCUT2D eigenvalue weighted by molar-refractivity contribution is -0.671. The minimum absolute atomic E-state index is 0.262. The zero-order chi connectivity index (χ0) is 7.72. The summed E-state index contributed by atoms with van der Waals surface area (Å²) in [4.78, 5) is 11.3. The Morgan fingerprint density at radius 2 is 2.40 bits per heavy atom. The van der Waals surface area contributed by atoms with E-state index >= 15 is 0 Å². The lowest BCUT2D eigenvalue weighted by Gasteiger charge is -1.89. The van der Waals surface area contributed by atoms with Crippen LogP contribution in [0, 0.1) is 6.92 Å². The third-order valence-electron chi connectivity index (χ3n) is 1.13. The number of nitrogens with zero attached hydrogens (tertiary/aromatic N) is 1. The first-order valence-corrected chi connectivity index (χ1v) is 3.60. The molecule has 3 nitrogen and oxygen atoms in total. The summed E-state index contributed by atoms with van der Waals surface area (Å²) in [5.74, 6) is -1.11. The SMILES string of the molecule is Cc1c[n+](C)c(C(=O)[O-])s1. The van der Waals surface area contributed by atoms with Crippen LogP contribution in [0.25, 0.3) is 0 Å². The van der Waals surface area contributed by atoms with Crippen LogP contribution in [0.3, 0.4) is 0 Å². The summed E-state index contributed by atoms with van der Waals surface area (Å²) in [6.45, 7) is 1.86. The van der Waals surface area contributed by atoms with Gasteiger partial charge in [0.05, 0.1) is 4.88 Å². The molecule has 0 aliphatic carbocycles. The molecule has 0 amide bonds. The van der Waals surface area contributed by atoms with Gasteiger partial charge >= 0.3 is 0 Å². The van der Waals surface area contributed by atoms with E-state index in [0.29, 0.717) is 0 Å². The molecule has 54 valence electrons. The van der Waals surface area contributed by atoms with Gasteiger partial charge in [0, 0.05) is 0 Å². The average molecular weight is 157 g/mol. The Balaban J connectivity index is 3.15. The van der Waals surface area contributed by atoms with Gasteiger partial charge in [0.1, 0.15) is 7.05 Å². The number of aryl methyl sites for hydroxylation is 2. The lowest BCUT2D eigenvalue weighted by Crippen LogP contribution is -2.38. The molecule has 1 heterocycles. The number of aromatic nitrogens is 1. The van der Waals surface area contributed by atoms with Crippen LogP contribution < -0.4 is 9.67 Å². The van der Waals surface area contributed by atoms with Crippen LogP contribution in [-0.4, -0.2) is 5.97 Å². The second-order valence-electron chi connectivity index (χ2n) is 2.05. The monoisotopic (exact) mass is 157 g/mol. The predicted molar refractivity (Wildman–Crippen MR) is 34.6 cm³/mol. The Hall–Kier alpha value is -0.900. The molecule has 10 heavy (non-hydrogen) atoms. The van der Waals surface area contributed by atoms with E-state index in [9.17, 15) is 9.90 Å². The first kappa shape index (κ1) is 7.21. The van der Waals surface area contributed by atoms with Crippen molar-refractivity contribution in [1.82, 2.24) is 0 Å². The predicted octanol–water partition coefficient (Wildman–Crippen LogP) is -0.755. The Morgan fingerprint density at radius 1 is 1.80 bits per heavy atom. The van der Waals surface area contributed by atoms with E-state index in [1.807, 2.05) is 6.92 Å².